The van der Waals surface area contributed by atoms with Crippen molar-refractivity contribution in [3.63, 3.8) is 0 Å². The molecule has 27 heavy (non-hydrogen) atoms. The minimum atomic E-state index is -1.38. The molecular weight excluding hydrogens is 344 g/mol. The lowest BCUT2D eigenvalue weighted by Gasteiger charge is -2.68. The Morgan fingerprint density at radius 1 is 1.19 bits per heavy atom. The number of fused-ring (bicyclic) bond motifs is 5. The van der Waals surface area contributed by atoms with E-state index in [4.69, 9.17) is 4.74 Å². The van der Waals surface area contributed by atoms with Gasteiger partial charge in [-0.05, 0) is 67.8 Å². The summed E-state index contributed by atoms with van der Waals surface area (Å²) >= 11 is 0. The lowest BCUT2D eigenvalue weighted by molar-refractivity contribution is -0.247. The number of Topliss-reactive ketones (excluding diaryl/α,β-unsaturated/α-hetero) is 1. The molecule has 0 heterocycles. The number of esters is 1. The number of ether oxygens (including phenoxy) is 1. The Kier molecular flexibility index (Phi) is 4.19. The van der Waals surface area contributed by atoms with Gasteiger partial charge in [-0.3, -0.25) is 14.4 Å². The molecule has 148 valence electrons. The molecule has 0 saturated heterocycles. The first-order chi connectivity index (χ1) is 12.6. The van der Waals surface area contributed by atoms with Crippen molar-refractivity contribution >= 4 is 17.5 Å². The fraction of sp³-hybridized carbons (Fsp3) is 0.773. The van der Waals surface area contributed by atoms with Gasteiger partial charge in [-0.1, -0.05) is 19.4 Å². The molecule has 0 amide bonds. The van der Waals surface area contributed by atoms with Gasteiger partial charge in [-0.25, -0.2) is 0 Å². The second-order valence-corrected chi connectivity index (χ2v) is 9.69. The summed E-state index contributed by atoms with van der Waals surface area (Å²) in [7, 11) is 0. The summed E-state index contributed by atoms with van der Waals surface area (Å²) < 4.78 is 4.87. The number of carbonyl (C=O) groups excluding carboxylic acids is 3. The minimum absolute atomic E-state index is 0.0909. The average molecular weight is 374 g/mol. The molecule has 1 N–H and O–H groups in total. The maximum atomic E-state index is 12.6. The maximum Gasteiger partial charge on any atom is 0.303 e. The van der Waals surface area contributed by atoms with Crippen molar-refractivity contribution in [1.29, 1.82) is 0 Å². The fourth-order valence-electron chi connectivity index (χ4n) is 6.91. The van der Waals surface area contributed by atoms with Crippen LogP contribution in [0.1, 0.15) is 65.7 Å². The van der Waals surface area contributed by atoms with Crippen molar-refractivity contribution in [2.75, 3.05) is 6.61 Å². The molecule has 6 atom stereocenters. The Hall–Kier alpha value is -1.49. The van der Waals surface area contributed by atoms with Crippen LogP contribution in [-0.2, 0) is 19.1 Å². The van der Waals surface area contributed by atoms with E-state index in [1.165, 1.54) is 12.5 Å². The Morgan fingerprint density at radius 3 is 2.63 bits per heavy atom. The third-order valence-electron chi connectivity index (χ3n) is 8.68. The van der Waals surface area contributed by atoms with E-state index in [0.29, 0.717) is 30.6 Å². The number of carbonyl (C=O) groups is 3. The smallest absolute Gasteiger partial charge is 0.303 e. The van der Waals surface area contributed by atoms with E-state index in [0.717, 1.165) is 32.1 Å². The molecule has 0 aromatic heterocycles. The number of aliphatic hydroxyl groups is 1. The second kappa shape index (κ2) is 6.00. The van der Waals surface area contributed by atoms with Crippen LogP contribution >= 0.6 is 0 Å². The van der Waals surface area contributed by atoms with Gasteiger partial charge in [-0.15, -0.1) is 0 Å². The van der Waals surface area contributed by atoms with Gasteiger partial charge in [0, 0.05) is 18.8 Å². The van der Waals surface area contributed by atoms with Crippen molar-refractivity contribution in [3.8, 4) is 0 Å². The normalized spacial score (nSPS) is 45.6. The minimum Gasteiger partial charge on any atom is -0.458 e. The number of rotatable bonds is 3. The Labute approximate surface area is 160 Å². The predicted molar refractivity (Wildman–Crippen MR) is 98.7 cm³/mol. The van der Waals surface area contributed by atoms with Crippen LogP contribution in [0.4, 0.5) is 0 Å². The molecular formula is C22H30O5. The molecule has 4 aliphatic carbocycles. The standard InChI is InChI=1S/C22H30O5/c1-13(23)27-12-19(25)22(26)11-18-16-5-4-14-10-15(24)6-8-20(14,2)17(16)7-9-21(18,22)3/h10,16-18,26H,4-9,11-12H2,1-3H3/t16-,17+,18+,20+,21+,22+/m1/s1. The van der Waals surface area contributed by atoms with Gasteiger partial charge >= 0.3 is 5.97 Å². The van der Waals surface area contributed by atoms with Crippen LogP contribution in [0.5, 0.6) is 0 Å². The van der Waals surface area contributed by atoms with E-state index in [1.807, 2.05) is 13.0 Å². The lowest BCUT2D eigenvalue weighted by atomic mass is 9.37. The zero-order valence-electron chi connectivity index (χ0n) is 16.5. The maximum absolute atomic E-state index is 12.6. The molecule has 0 aromatic carbocycles. The van der Waals surface area contributed by atoms with Crippen molar-refractivity contribution < 1.29 is 24.2 Å². The molecule has 0 aromatic rings. The van der Waals surface area contributed by atoms with Crippen LogP contribution in [-0.4, -0.2) is 34.9 Å². The van der Waals surface area contributed by atoms with Crippen LogP contribution < -0.4 is 0 Å². The van der Waals surface area contributed by atoms with E-state index in [1.54, 1.807) is 0 Å². The third-order valence-corrected chi connectivity index (χ3v) is 8.68. The molecule has 4 aliphatic rings. The molecule has 4 rings (SSSR count). The zero-order valence-corrected chi connectivity index (χ0v) is 16.5. The SMILES string of the molecule is CC(=O)OCC(=O)[C@@]1(O)C[C@H]2[C@@H]3CCC4=CC(=O)CC[C@]4(C)[C@H]3CC[C@@]21C. The van der Waals surface area contributed by atoms with Crippen LogP contribution in [0.25, 0.3) is 0 Å². The van der Waals surface area contributed by atoms with E-state index in [-0.39, 0.29) is 23.6 Å². The van der Waals surface area contributed by atoms with Crippen LogP contribution in [0.15, 0.2) is 11.6 Å². The number of hydrogen-bond donors (Lipinski definition) is 1. The molecule has 0 bridgehead atoms. The van der Waals surface area contributed by atoms with E-state index < -0.39 is 17.0 Å². The van der Waals surface area contributed by atoms with Crippen LogP contribution in [0, 0.1) is 28.6 Å². The van der Waals surface area contributed by atoms with Gasteiger partial charge in [0.2, 0.25) is 5.78 Å². The summed E-state index contributed by atoms with van der Waals surface area (Å²) in [5, 5.41) is 11.2. The van der Waals surface area contributed by atoms with Crippen LogP contribution in [0.3, 0.4) is 0 Å². The van der Waals surface area contributed by atoms with Crippen LogP contribution in [0.2, 0.25) is 0 Å². The third kappa shape index (κ3) is 2.50. The van der Waals surface area contributed by atoms with Gasteiger partial charge in [0.1, 0.15) is 5.60 Å². The van der Waals surface area contributed by atoms with Gasteiger partial charge < -0.3 is 9.84 Å². The molecule has 5 nitrogen and oxygen atoms in total. The second-order valence-electron chi connectivity index (χ2n) is 9.69. The highest BCUT2D eigenvalue weighted by molar-refractivity contribution is 5.92. The first-order valence-electron chi connectivity index (χ1n) is 10.2. The number of ketones is 2. The summed E-state index contributed by atoms with van der Waals surface area (Å²) in [6.07, 6.45) is 7.70. The summed E-state index contributed by atoms with van der Waals surface area (Å²) in [5.41, 5.74) is -0.400. The first-order valence-corrected chi connectivity index (χ1v) is 10.2. The fourth-order valence-corrected chi connectivity index (χ4v) is 6.91. The summed E-state index contributed by atoms with van der Waals surface area (Å²) in [5.74, 6) is 0.732. The van der Waals surface area contributed by atoms with Crippen molar-refractivity contribution in [2.24, 2.45) is 28.6 Å². The molecule has 0 aliphatic heterocycles. The van der Waals surface area contributed by atoms with E-state index >= 15 is 0 Å². The zero-order chi connectivity index (χ0) is 19.6. The largest absolute Gasteiger partial charge is 0.458 e. The Morgan fingerprint density at radius 2 is 1.93 bits per heavy atom. The monoisotopic (exact) mass is 374 g/mol. The summed E-state index contributed by atoms with van der Waals surface area (Å²) in [4.78, 5) is 35.5. The molecule has 5 heteroatoms. The highest BCUT2D eigenvalue weighted by Gasteiger charge is 2.70. The topological polar surface area (TPSA) is 80.7 Å². The predicted octanol–water partition coefficient (Wildman–Crippen LogP) is 2.99. The molecule has 3 fully saturated rings. The average Bonchev–Trinajstić information content (AvgIpc) is 2.61. The molecule has 0 radical (unpaired) electrons. The van der Waals surface area contributed by atoms with Crippen molar-refractivity contribution in [3.05, 3.63) is 11.6 Å². The van der Waals surface area contributed by atoms with Gasteiger partial charge in [-0.2, -0.15) is 0 Å². The summed E-state index contributed by atoms with van der Waals surface area (Å²) in [6, 6.07) is 0. The quantitative estimate of drug-likeness (QED) is 0.768. The first kappa shape index (κ1) is 18.9. The lowest BCUT2D eigenvalue weighted by Crippen LogP contribution is -2.71. The molecule has 0 spiro atoms. The van der Waals surface area contributed by atoms with Crippen molar-refractivity contribution in [1.82, 2.24) is 0 Å². The molecule has 0 unspecified atom stereocenters. The van der Waals surface area contributed by atoms with Crippen molar-refractivity contribution in [2.45, 2.75) is 71.3 Å². The van der Waals surface area contributed by atoms with Gasteiger partial charge in [0.15, 0.2) is 12.4 Å². The van der Waals surface area contributed by atoms with Gasteiger partial charge in [0.05, 0.1) is 0 Å². The number of hydrogen-bond acceptors (Lipinski definition) is 5. The van der Waals surface area contributed by atoms with E-state index in [9.17, 15) is 19.5 Å². The Bertz CT molecular complexity index is 739. The Balaban J connectivity index is 1.55. The highest BCUT2D eigenvalue weighted by Crippen LogP contribution is 2.70. The molecule has 3 saturated carbocycles. The highest BCUT2D eigenvalue weighted by atomic mass is 16.5. The summed E-state index contributed by atoms with van der Waals surface area (Å²) in [6.45, 7) is 5.30. The van der Waals surface area contributed by atoms with E-state index in [2.05, 4.69) is 6.92 Å². The van der Waals surface area contributed by atoms with Gasteiger partial charge in [0.25, 0.3) is 0 Å². The number of allylic oxidation sites excluding steroid dienone is 2.